The summed E-state index contributed by atoms with van der Waals surface area (Å²) in [7, 11) is 4.03. The second kappa shape index (κ2) is 10.1. The number of fused-ring (bicyclic) bond motifs is 2. The standard InChI is InChI=1S/C25H36N6/c1-4-26-25(27-17-20-11-8-12-24(28-20)30(2)3)29-21-15-22-13-14-23(16-21)31(22)18-19-9-6-5-7-10-19/h5-12,21-23H,4,13-18H2,1-3H3,(H2,26,27,29). The van der Waals surface area contributed by atoms with E-state index in [1.807, 2.05) is 37.2 Å². The third-order valence-electron chi connectivity index (χ3n) is 6.43. The molecule has 2 bridgehead atoms. The fourth-order valence-corrected chi connectivity index (χ4v) is 4.92. The highest BCUT2D eigenvalue weighted by Crippen LogP contribution is 2.36. The zero-order chi connectivity index (χ0) is 21.6. The molecule has 6 nitrogen and oxygen atoms in total. The summed E-state index contributed by atoms with van der Waals surface area (Å²) in [5, 5.41) is 7.15. The largest absolute Gasteiger partial charge is 0.363 e. The highest BCUT2D eigenvalue weighted by Gasteiger charge is 2.40. The van der Waals surface area contributed by atoms with Crippen molar-refractivity contribution in [3.8, 4) is 0 Å². The van der Waals surface area contributed by atoms with Gasteiger partial charge in [-0.15, -0.1) is 0 Å². The van der Waals surface area contributed by atoms with Gasteiger partial charge in [-0.3, -0.25) is 4.90 Å². The normalized spacial score (nSPS) is 23.6. The molecule has 0 aliphatic carbocycles. The van der Waals surface area contributed by atoms with Crippen LogP contribution >= 0.6 is 0 Å². The molecule has 1 aromatic carbocycles. The van der Waals surface area contributed by atoms with E-state index in [1.165, 1.54) is 31.2 Å². The van der Waals surface area contributed by atoms with Gasteiger partial charge in [-0.25, -0.2) is 9.98 Å². The van der Waals surface area contributed by atoms with E-state index in [1.54, 1.807) is 0 Å². The number of piperidine rings is 1. The van der Waals surface area contributed by atoms with E-state index < -0.39 is 0 Å². The molecule has 2 atom stereocenters. The Balaban J connectivity index is 1.37. The van der Waals surface area contributed by atoms with Gasteiger partial charge in [0.05, 0.1) is 12.2 Å². The van der Waals surface area contributed by atoms with Crippen LogP contribution in [0.15, 0.2) is 53.5 Å². The number of aliphatic imine (C=N–C) groups is 1. The third kappa shape index (κ3) is 5.56. The molecule has 0 spiro atoms. The fraction of sp³-hybridized carbons (Fsp3) is 0.520. The van der Waals surface area contributed by atoms with Gasteiger partial charge < -0.3 is 15.5 Å². The smallest absolute Gasteiger partial charge is 0.191 e. The number of hydrogen-bond acceptors (Lipinski definition) is 4. The van der Waals surface area contributed by atoms with Crippen molar-refractivity contribution in [2.24, 2.45) is 4.99 Å². The van der Waals surface area contributed by atoms with Crippen LogP contribution in [0.3, 0.4) is 0 Å². The van der Waals surface area contributed by atoms with Crippen molar-refractivity contribution < 1.29 is 0 Å². The van der Waals surface area contributed by atoms with Crippen molar-refractivity contribution in [1.82, 2.24) is 20.5 Å². The lowest BCUT2D eigenvalue weighted by Crippen LogP contribution is -2.52. The number of anilines is 1. The Labute approximate surface area is 186 Å². The number of pyridine rings is 1. The zero-order valence-electron chi connectivity index (χ0n) is 19.1. The zero-order valence-corrected chi connectivity index (χ0v) is 19.1. The minimum Gasteiger partial charge on any atom is -0.363 e. The lowest BCUT2D eigenvalue weighted by atomic mass is 9.96. The lowest BCUT2D eigenvalue weighted by molar-refractivity contribution is 0.114. The van der Waals surface area contributed by atoms with Gasteiger partial charge in [-0.2, -0.15) is 0 Å². The van der Waals surface area contributed by atoms with Gasteiger partial charge in [0.1, 0.15) is 5.82 Å². The topological polar surface area (TPSA) is 55.8 Å². The minimum atomic E-state index is 0.475. The molecule has 31 heavy (non-hydrogen) atoms. The third-order valence-corrected chi connectivity index (χ3v) is 6.43. The molecular formula is C25H36N6. The van der Waals surface area contributed by atoms with Crippen LogP contribution in [-0.4, -0.2) is 54.6 Å². The molecule has 2 aliphatic heterocycles. The van der Waals surface area contributed by atoms with E-state index in [-0.39, 0.29) is 0 Å². The number of rotatable bonds is 7. The van der Waals surface area contributed by atoms with Gasteiger partial charge in [-0.1, -0.05) is 36.4 Å². The SMILES string of the molecule is CCNC(=NCc1cccc(N(C)C)n1)NC1CC2CCC(C1)N2Cc1ccccc1. The molecule has 3 heterocycles. The molecule has 2 N–H and O–H groups in total. The fourth-order valence-electron chi connectivity index (χ4n) is 4.92. The lowest BCUT2D eigenvalue weighted by Gasteiger charge is -2.39. The molecule has 6 heteroatoms. The molecule has 166 valence electrons. The first-order valence-electron chi connectivity index (χ1n) is 11.6. The van der Waals surface area contributed by atoms with Crippen LogP contribution in [0, 0.1) is 0 Å². The maximum Gasteiger partial charge on any atom is 0.191 e. The van der Waals surface area contributed by atoms with Crippen LogP contribution in [0.4, 0.5) is 5.82 Å². The average molecular weight is 421 g/mol. The van der Waals surface area contributed by atoms with Crippen LogP contribution in [0.2, 0.25) is 0 Å². The predicted molar refractivity (Wildman–Crippen MR) is 128 cm³/mol. The van der Waals surface area contributed by atoms with Gasteiger partial charge >= 0.3 is 0 Å². The number of nitrogens with zero attached hydrogens (tertiary/aromatic N) is 4. The summed E-state index contributed by atoms with van der Waals surface area (Å²) >= 11 is 0. The van der Waals surface area contributed by atoms with Crippen LogP contribution in [-0.2, 0) is 13.1 Å². The summed E-state index contributed by atoms with van der Waals surface area (Å²) < 4.78 is 0. The molecule has 2 fully saturated rings. The summed E-state index contributed by atoms with van der Waals surface area (Å²) in [6, 6.07) is 18.8. The second-order valence-corrected chi connectivity index (χ2v) is 8.93. The first-order valence-corrected chi connectivity index (χ1v) is 11.6. The molecule has 0 saturated carbocycles. The number of benzene rings is 1. The number of guanidine groups is 1. The van der Waals surface area contributed by atoms with Crippen LogP contribution in [0.1, 0.15) is 43.9 Å². The molecular weight excluding hydrogens is 384 g/mol. The molecule has 2 aliphatic rings. The molecule has 1 aromatic heterocycles. The van der Waals surface area contributed by atoms with E-state index in [4.69, 9.17) is 9.98 Å². The average Bonchev–Trinajstić information content (AvgIpc) is 3.01. The molecule has 0 radical (unpaired) electrons. The Hall–Kier alpha value is -2.60. The summed E-state index contributed by atoms with van der Waals surface area (Å²) in [6.45, 7) is 4.63. The van der Waals surface area contributed by atoms with E-state index in [0.29, 0.717) is 24.7 Å². The van der Waals surface area contributed by atoms with Crippen LogP contribution in [0.5, 0.6) is 0 Å². The van der Waals surface area contributed by atoms with Crippen molar-refractivity contribution >= 4 is 11.8 Å². The first kappa shape index (κ1) is 21.6. The Kier molecular flexibility index (Phi) is 7.07. The van der Waals surface area contributed by atoms with Gasteiger partial charge in [0.2, 0.25) is 0 Å². The van der Waals surface area contributed by atoms with E-state index in [9.17, 15) is 0 Å². The second-order valence-electron chi connectivity index (χ2n) is 8.93. The number of nitrogens with one attached hydrogen (secondary N) is 2. The number of aromatic nitrogens is 1. The number of hydrogen-bond donors (Lipinski definition) is 2. The van der Waals surface area contributed by atoms with Crippen molar-refractivity contribution in [1.29, 1.82) is 0 Å². The Morgan fingerprint density at radius 3 is 2.48 bits per heavy atom. The highest BCUT2D eigenvalue weighted by molar-refractivity contribution is 5.80. The van der Waals surface area contributed by atoms with Gasteiger partial charge in [-0.05, 0) is 50.3 Å². The Bertz CT molecular complexity index is 851. The highest BCUT2D eigenvalue weighted by atomic mass is 15.3. The van der Waals surface area contributed by atoms with Crippen molar-refractivity contribution in [2.75, 3.05) is 25.5 Å². The molecule has 2 saturated heterocycles. The predicted octanol–water partition coefficient (Wildman–Crippen LogP) is 3.40. The van der Waals surface area contributed by atoms with Gasteiger partial charge in [0.15, 0.2) is 5.96 Å². The Morgan fingerprint density at radius 2 is 1.81 bits per heavy atom. The van der Waals surface area contributed by atoms with E-state index >= 15 is 0 Å². The molecule has 4 rings (SSSR count). The first-order chi connectivity index (χ1) is 15.1. The maximum absolute atomic E-state index is 4.84. The summed E-state index contributed by atoms with van der Waals surface area (Å²) in [5.74, 6) is 1.87. The van der Waals surface area contributed by atoms with Crippen molar-refractivity contribution in [3.63, 3.8) is 0 Å². The molecule has 0 amide bonds. The summed E-state index contributed by atoms with van der Waals surface area (Å²) in [6.07, 6.45) is 4.99. The van der Waals surface area contributed by atoms with Crippen LogP contribution < -0.4 is 15.5 Å². The van der Waals surface area contributed by atoms with Crippen molar-refractivity contribution in [2.45, 2.75) is 63.8 Å². The summed E-state index contributed by atoms with van der Waals surface area (Å²) in [5.41, 5.74) is 2.41. The quantitative estimate of drug-likeness (QED) is 0.531. The van der Waals surface area contributed by atoms with Gasteiger partial charge in [0, 0.05) is 45.3 Å². The monoisotopic (exact) mass is 420 g/mol. The molecule has 2 unspecified atom stereocenters. The van der Waals surface area contributed by atoms with Gasteiger partial charge in [0.25, 0.3) is 0 Å². The summed E-state index contributed by atoms with van der Waals surface area (Å²) in [4.78, 5) is 14.3. The Morgan fingerprint density at radius 1 is 1.06 bits per heavy atom. The van der Waals surface area contributed by atoms with Crippen LogP contribution in [0.25, 0.3) is 0 Å². The van der Waals surface area contributed by atoms with E-state index in [2.05, 4.69) is 52.8 Å². The minimum absolute atomic E-state index is 0.475. The van der Waals surface area contributed by atoms with E-state index in [0.717, 1.165) is 30.6 Å². The van der Waals surface area contributed by atoms with Crippen molar-refractivity contribution in [3.05, 3.63) is 59.8 Å². The maximum atomic E-state index is 4.84. The molecule has 2 aromatic rings.